The average Bonchev–Trinajstić information content (AvgIpc) is 2.87. The number of methoxy groups -OCH3 is 1. The van der Waals surface area contributed by atoms with Gasteiger partial charge < -0.3 is 19.2 Å². The van der Waals surface area contributed by atoms with Crippen LogP contribution >= 0.6 is 0 Å². The van der Waals surface area contributed by atoms with Crippen LogP contribution in [0.2, 0.25) is 0 Å². The normalized spacial score (nSPS) is 10.8. The quantitative estimate of drug-likeness (QED) is 0.747. The van der Waals surface area contributed by atoms with Crippen LogP contribution in [0.15, 0.2) is 34.9 Å². The Hall–Kier alpha value is -1.85. The minimum Gasteiger partial charge on any atom is -0.464 e. The number of nitrogens with one attached hydrogen (secondary N) is 1. The Bertz CT molecular complexity index is 550. The number of amides is 1. The van der Waals surface area contributed by atoms with E-state index in [1.54, 1.807) is 13.4 Å². The third-order valence-electron chi connectivity index (χ3n) is 2.94. The van der Waals surface area contributed by atoms with Gasteiger partial charge in [0.2, 0.25) is 5.91 Å². The first-order valence-corrected chi connectivity index (χ1v) is 6.59. The fraction of sp³-hybridized carbons (Fsp3) is 0.400. The van der Waals surface area contributed by atoms with Crippen molar-refractivity contribution in [3.63, 3.8) is 0 Å². The van der Waals surface area contributed by atoms with Crippen molar-refractivity contribution < 1.29 is 18.7 Å². The maximum Gasteiger partial charge on any atom is 0.246 e. The van der Waals surface area contributed by atoms with Gasteiger partial charge in [0, 0.05) is 19.0 Å². The standard InChI is InChI=1S/C15H19NO4/c1-18-8-9-19-11-15(17)16-7-6-12-10-20-14-5-3-2-4-13(12)14/h2-5,10H,6-9,11H2,1H3,(H,16,17). The summed E-state index contributed by atoms with van der Waals surface area (Å²) in [7, 11) is 1.60. The molecule has 0 saturated carbocycles. The average molecular weight is 277 g/mol. The second kappa shape index (κ2) is 7.67. The molecular weight excluding hydrogens is 258 g/mol. The monoisotopic (exact) mass is 277 g/mol. The number of para-hydroxylation sites is 1. The minimum absolute atomic E-state index is 0.0650. The van der Waals surface area contributed by atoms with E-state index >= 15 is 0 Å². The molecule has 1 aromatic heterocycles. The molecule has 0 fully saturated rings. The fourth-order valence-corrected chi connectivity index (χ4v) is 1.92. The summed E-state index contributed by atoms with van der Waals surface area (Å²) in [6, 6.07) is 7.86. The van der Waals surface area contributed by atoms with Crippen molar-refractivity contribution in [1.29, 1.82) is 0 Å². The van der Waals surface area contributed by atoms with Crippen LogP contribution < -0.4 is 5.32 Å². The number of rotatable bonds is 8. The van der Waals surface area contributed by atoms with Crippen LogP contribution in [-0.4, -0.2) is 39.4 Å². The molecule has 5 nitrogen and oxygen atoms in total. The Labute approximate surface area is 117 Å². The van der Waals surface area contributed by atoms with E-state index in [-0.39, 0.29) is 12.5 Å². The van der Waals surface area contributed by atoms with Crippen LogP contribution in [0.1, 0.15) is 5.56 Å². The summed E-state index contributed by atoms with van der Waals surface area (Å²) < 4.78 is 15.4. The first kappa shape index (κ1) is 14.6. The van der Waals surface area contributed by atoms with Crippen LogP contribution in [0.5, 0.6) is 0 Å². The highest BCUT2D eigenvalue weighted by atomic mass is 16.5. The molecule has 1 heterocycles. The van der Waals surface area contributed by atoms with Gasteiger partial charge in [0.15, 0.2) is 0 Å². The van der Waals surface area contributed by atoms with Gasteiger partial charge in [-0.05, 0) is 18.1 Å². The van der Waals surface area contributed by atoms with Gasteiger partial charge in [-0.3, -0.25) is 4.79 Å². The molecule has 0 aliphatic carbocycles. The summed E-state index contributed by atoms with van der Waals surface area (Å²) in [4.78, 5) is 11.5. The van der Waals surface area contributed by atoms with E-state index < -0.39 is 0 Å². The van der Waals surface area contributed by atoms with Gasteiger partial charge >= 0.3 is 0 Å². The zero-order valence-corrected chi connectivity index (χ0v) is 11.6. The van der Waals surface area contributed by atoms with Gasteiger partial charge in [-0.15, -0.1) is 0 Å². The lowest BCUT2D eigenvalue weighted by Gasteiger charge is -2.05. The molecule has 2 aromatic rings. The Kier molecular flexibility index (Phi) is 5.58. The van der Waals surface area contributed by atoms with Crippen LogP contribution in [-0.2, 0) is 20.7 Å². The van der Waals surface area contributed by atoms with Crippen molar-refractivity contribution in [2.24, 2.45) is 0 Å². The van der Waals surface area contributed by atoms with Crippen molar-refractivity contribution in [1.82, 2.24) is 5.32 Å². The number of carbonyl (C=O) groups is 1. The number of hydrogen-bond acceptors (Lipinski definition) is 4. The molecule has 108 valence electrons. The Morgan fingerprint density at radius 2 is 2.15 bits per heavy atom. The molecule has 5 heteroatoms. The van der Waals surface area contributed by atoms with Gasteiger partial charge in [0.25, 0.3) is 0 Å². The molecule has 0 atom stereocenters. The molecule has 20 heavy (non-hydrogen) atoms. The van der Waals surface area contributed by atoms with Gasteiger partial charge in [0.05, 0.1) is 19.5 Å². The van der Waals surface area contributed by atoms with Crippen LogP contribution in [0.4, 0.5) is 0 Å². The number of hydrogen-bond donors (Lipinski definition) is 1. The predicted molar refractivity (Wildman–Crippen MR) is 75.6 cm³/mol. The summed E-state index contributed by atoms with van der Waals surface area (Å²) >= 11 is 0. The molecule has 0 aliphatic heterocycles. The van der Waals surface area contributed by atoms with Gasteiger partial charge in [0.1, 0.15) is 12.2 Å². The number of fused-ring (bicyclic) bond motifs is 1. The SMILES string of the molecule is COCCOCC(=O)NCCc1coc2ccccc12. The molecule has 0 unspecified atom stereocenters. The zero-order valence-electron chi connectivity index (χ0n) is 11.6. The van der Waals surface area contributed by atoms with Gasteiger partial charge in [-0.1, -0.05) is 18.2 Å². The van der Waals surface area contributed by atoms with Crippen molar-refractivity contribution in [2.45, 2.75) is 6.42 Å². The van der Waals surface area contributed by atoms with E-state index in [0.717, 1.165) is 23.0 Å². The van der Waals surface area contributed by atoms with Gasteiger partial charge in [-0.25, -0.2) is 0 Å². The Balaban J connectivity index is 1.71. The third-order valence-corrected chi connectivity index (χ3v) is 2.94. The van der Waals surface area contributed by atoms with Crippen molar-refractivity contribution >= 4 is 16.9 Å². The molecule has 0 saturated heterocycles. The van der Waals surface area contributed by atoms with Crippen molar-refractivity contribution in [2.75, 3.05) is 33.5 Å². The summed E-state index contributed by atoms with van der Waals surface area (Å²) in [5.41, 5.74) is 1.97. The molecule has 0 aliphatic rings. The lowest BCUT2D eigenvalue weighted by molar-refractivity contribution is -0.126. The smallest absolute Gasteiger partial charge is 0.246 e. The van der Waals surface area contributed by atoms with E-state index in [4.69, 9.17) is 13.9 Å². The molecule has 0 spiro atoms. The topological polar surface area (TPSA) is 60.7 Å². The number of benzene rings is 1. The second-order valence-corrected chi connectivity index (χ2v) is 4.40. The van der Waals surface area contributed by atoms with Crippen molar-refractivity contribution in [3.05, 3.63) is 36.1 Å². The molecule has 1 amide bonds. The second-order valence-electron chi connectivity index (χ2n) is 4.40. The highest BCUT2D eigenvalue weighted by molar-refractivity contribution is 5.81. The summed E-state index contributed by atoms with van der Waals surface area (Å²) in [5.74, 6) is -0.117. The number of carbonyl (C=O) groups excluding carboxylic acids is 1. The molecule has 1 N–H and O–H groups in total. The zero-order chi connectivity index (χ0) is 14.2. The van der Waals surface area contributed by atoms with Gasteiger partial charge in [-0.2, -0.15) is 0 Å². The van der Waals surface area contributed by atoms with Crippen LogP contribution in [0.25, 0.3) is 11.0 Å². The maximum atomic E-state index is 11.5. The molecule has 1 aromatic carbocycles. The van der Waals surface area contributed by atoms with Crippen LogP contribution in [0, 0.1) is 0 Å². The van der Waals surface area contributed by atoms with E-state index in [1.165, 1.54) is 0 Å². The van der Waals surface area contributed by atoms with E-state index in [2.05, 4.69) is 5.32 Å². The highest BCUT2D eigenvalue weighted by Gasteiger charge is 2.06. The molecule has 0 bridgehead atoms. The lowest BCUT2D eigenvalue weighted by Crippen LogP contribution is -2.29. The molecule has 0 radical (unpaired) electrons. The summed E-state index contributed by atoms with van der Waals surface area (Å²) in [5, 5.41) is 3.91. The summed E-state index contributed by atoms with van der Waals surface area (Å²) in [6.07, 6.45) is 2.48. The van der Waals surface area contributed by atoms with Crippen LogP contribution in [0.3, 0.4) is 0 Å². The first-order chi connectivity index (χ1) is 9.81. The highest BCUT2D eigenvalue weighted by Crippen LogP contribution is 2.20. The molecule has 2 rings (SSSR count). The fourth-order valence-electron chi connectivity index (χ4n) is 1.92. The third kappa shape index (κ3) is 4.08. The maximum absolute atomic E-state index is 11.5. The summed E-state index contributed by atoms with van der Waals surface area (Å²) in [6.45, 7) is 1.55. The predicted octanol–water partition coefficient (Wildman–Crippen LogP) is 1.75. The first-order valence-electron chi connectivity index (χ1n) is 6.59. The molecular formula is C15H19NO4. The van der Waals surface area contributed by atoms with E-state index in [1.807, 2.05) is 24.3 Å². The lowest BCUT2D eigenvalue weighted by atomic mass is 10.1. The number of furan rings is 1. The Morgan fingerprint density at radius 3 is 3.00 bits per heavy atom. The van der Waals surface area contributed by atoms with E-state index in [0.29, 0.717) is 19.8 Å². The largest absolute Gasteiger partial charge is 0.464 e. The Morgan fingerprint density at radius 1 is 1.30 bits per heavy atom. The minimum atomic E-state index is -0.117. The van der Waals surface area contributed by atoms with E-state index in [9.17, 15) is 4.79 Å². The van der Waals surface area contributed by atoms with Crippen molar-refractivity contribution in [3.8, 4) is 0 Å². The number of ether oxygens (including phenoxy) is 2.